The van der Waals surface area contributed by atoms with E-state index >= 15 is 0 Å². The second-order valence-electron chi connectivity index (χ2n) is 9.06. The van der Waals surface area contributed by atoms with Crippen LogP contribution in [0.5, 0.6) is 17.2 Å². The maximum atomic E-state index is 13.7. The van der Waals surface area contributed by atoms with Crippen molar-refractivity contribution >= 4 is 50.0 Å². The summed E-state index contributed by atoms with van der Waals surface area (Å²) >= 11 is 3.55. The van der Waals surface area contributed by atoms with Gasteiger partial charge in [-0.1, -0.05) is 18.2 Å². The van der Waals surface area contributed by atoms with E-state index in [4.69, 9.17) is 28.3 Å². The number of aromatic nitrogens is 2. The molecular weight excluding hydrogens is 606 g/mol. The molecule has 0 unspecified atom stereocenters. The Morgan fingerprint density at radius 1 is 1.05 bits per heavy atom. The van der Waals surface area contributed by atoms with Gasteiger partial charge in [-0.3, -0.25) is 4.79 Å². The molecule has 5 rings (SSSR count). The van der Waals surface area contributed by atoms with Crippen LogP contribution in [-0.4, -0.2) is 48.3 Å². The van der Waals surface area contributed by atoms with Crippen molar-refractivity contribution in [1.82, 2.24) is 9.66 Å². The fourth-order valence-electron chi connectivity index (χ4n) is 4.34. The fraction of sp³-hybridized carbons (Fsp3) is 0.226. The van der Waals surface area contributed by atoms with E-state index in [2.05, 4.69) is 21.0 Å². The van der Waals surface area contributed by atoms with E-state index in [1.807, 2.05) is 31.2 Å². The lowest BCUT2D eigenvalue weighted by Gasteiger charge is -2.17. The van der Waals surface area contributed by atoms with Crippen LogP contribution in [0.3, 0.4) is 0 Å². The Morgan fingerprint density at radius 2 is 1.86 bits per heavy atom. The predicted molar refractivity (Wildman–Crippen MR) is 163 cm³/mol. The predicted octanol–water partition coefficient (Wildman–Crippen LogP) is 6.19. The highest BCUT2D eigenvalue weighted by atomic mass is 79.9. The largest absolute Gasteiger partial charge is 0.496 e. The molecule has 2 heterocycles. The summed E-state index contributed by atoms with van der Waals surface area (Å²) in [6, 6.07) is 17.7. The highest BCUT2D eigenvalue weighted by molar-refractivity contribution is 9.10. The lowest BCUT2D eigenvalue weighted by Crippen LogP contribution is -2.26. The Bertz CT molecular complexity index is 1860. The van der Waals surface area contributed by atoms with Gasteiger partial charge in [-0.05, 0) is 79.2 Å². The summed E-state index contributed by atoms with van der Waals surface area (Å²) in [5.41, 5.74) is 1.31. The van der Waals surface area contributed by atoms with Gasteiger partial charge in [-0.15, -0.1) is 0 Å². The van der Waals surface area contributed by atoms with E-state index < -0.39 is 12.1 Å². The van der Waals surface area contributed by atoms with Gasteiger partial charge in [-0.25, -0.2) is 9.78 Å². The minimum atomic E-state index is -0.845. The number of methoxy groups -OCH3 is 1. The average molecular weight is 634 g/mol. The Labute approximate surface area is 249 Å². The number of fused-ring (bicyclic) bond motifs is 2. The van der Waals surface area contributed by atoms with Crippen molar-refractivity contribution in [3.8, 4) is 28.8 Å². The molecule has 0 aliphatic rings. The number of furan rings is 1. The zero-order chi connectivity index (χ0) is 29.8. The van der Waals surface area contributed by atoms with Crippen LogP contribution in [0.4, 0.5) is 0 Å². The summed E-state index contributed by atoms with van der Waals surface area (Å²) in [4.78, 5) is 30.5. The summed E-state index contributed by atoms with van der Waals surface area (Å²) in [7, 11) is 1.58. The number of esters is 1. The second-order valence-corrected chi connectivity index (χ2v) is 9.92. The van der Waals surface area contributed by atoms with E-state index in [-0.39, 0.29) is 18.0 Å². The third kappa shape index (κ3) is 5.73. The molecule has 216 valence electrons. The lowest BCUT2D eigenvalue weighted by atomic mass is 10.2. The molecule has 0 N–H and O–H groups in total. The van der Waals surface area contributed by atoms with Crippen molar-refractivity contribution < 1.29 is 28.2 Å². The first-order valence-electron chi connectivity index (χ1n) is 13.3. The number of para-hydroxylation sites is 1. The Kier molecular flexibility index (Phi) is 8.58. The summed E-state index contributed by atoms with van der Waals surface area (Å²) in [6.45, 7) is 5.77. The van der Waals surface area contributed by atoms with Gasteiger partial charge >= 0.3 is 5.97 Å². The molecule has 42 heavy (non-hydrogen) atoms. The van der Waals surface area contributed by atoms with Crippen LogP contribution in [0.2, 0.25) is 0 Å². The van der Waals surface area contributed by atoms with Crippen LogP contribution >= 0.6 is 15.9 Å². The van der Waals surface area contributed by atoms with Crippen LogP contribution in [-0.2, 0) is 9.53 Å². The number of carbonyl (C=O) groups is 1. The van der Waals surface area contributed by atoms with Crippen LogP contribution < -0.4 is 19.8 Å². The number of carbonyl (C=O) groups excluding carboxylic acids is 1. The average Bonchev–Trinajstić information content (AvgIpc) is 3.43. The van der Waals surface area contributed by atoms with Gasteiger partial charge in [-0.2, -0.15) is 9.78 Å². The molecule has 3 aromatic carbocycles. The quantitative estimate of drug-likeness (QED) is 0.132. The highest BCUT2D eigenvalue weighted by Crippen LogP contribution is 2.35. The molecule has 1 atom stereocenters. The molecular formula is C31H28BrN3O7. The van der Waals surface area contributed by atoms with Gasteiger partial charge in [0.1, 0.15) is 11.3 Å². The molecule has 0 saturated carbocycles. The summed E-state index contributed by atoms with van der Waals surface area (Å²) < 4.78 is 30.0. The summed E-state index contributed by atoms with van der Waals surface area (Å²) in [6.07, 6.45) is 0.665. The van der Waals surface area contributed by atoms with E-state index in [0.29, 0.717) is 56.1 Å². The maximum Gasteiger partial charge on any atom is 0.347 e. The van der Waals surface area contributed by atoms with Crippen molar-refractivity contribution in [2.24, 2.45) is 5.10 Å². The van der Waals surface area contributed by atoms with Crippen LogP contribution in [0.25, 0.3) is 33.5 Å². The van der Waals surface area contributed by atoms with Gasteiger partial charge in [0.25, 0.3) is 5.56 Å². The minimum absolute atomic E-state index is 0.220. The summed E-state index contributed by atoms with van der Waals surface area (Å²) in [5.74, 6) is 1.46. The topological polar surface area (TPSA) is 114 Å². The highest BCUT2D eigenvalue weighted by Gasteiger charge is 2.21. The normalized spacial score (nSPS) is 12.1. The van der Waals surface area contributed by atoms with Gasteiger partial charge in [0.15, 0.2) is 23.4 Å². The van der Waals surface area contributed by atoms with Crippen LogP contribution in [0.15, 0.2) is 79.4 Å². The van der Waals surface area contributed by atoms with Crippen molar-refractivity contribution in [2.75, 3.05) is 20.3 Å². The third-order valence-corrected chi connectivity index (χ3v) is 7.00. The lowest BCUT2D eigenvalue weighted by molar-refractivity contribution is -0.150. The molecule has 0 bridgehead atoms. The van der Waals surface area contributed by atoms with Gasteiger partial charge in [0.2, 0.25) is 5.82 Å². The number of nitrogens with zero attached hydrogens (tertiary/aromatic N) is 3. The molecule has 0 saturated heterocycles. The minimum Gasteiger partial charge on any atom is -0.496 e. The van der Waals surface area contributed by atoms with E-state index in [1.54, 1.807) is 57.4 Å². The van der Waals surface area contributed by atoms with Crippen molar-refractivity contribution in [2.45, 2.75) is 26.9 Å². The molecule has 0 aliphatic carbocycles. The van der Waals surface area contributed by atoms with Crippen molar-refractivity contribution in [3.05, 3.63) is 81.1 Å². The molecule has 5 aromatic rings. The number of rotatable bonds is 10. The summed E-state index contributed by atoms with van der Waals surface area (Å²) in [5, 5.41) is 5.69. The Balaban J connectivity index is 1.60. The third-order valence-electron chi connectivity index (χ3n) is 6.31. The molecule has 0 spiro atoms. The first-order valence-corrected chi connectivity index (χ1v) is 14.1. The fourth-order valence-corrected chi connectivity index (χ4v) is 4.77. The van der Waals surface area contributed by atoms with E-state index in [0.717, 1.165) is 5.39 Å². The maximum absolute atomic E-state index is 13.7. The SMILES string of the molecule is CCOC(=O)[C@H](C)Oc1cc(Br)c(C=Nn2c(-c3cc4c(OC)cccc4o3)nc3ccccc3c2=O)cc1OCC. The van der Waals surface area contributed by atoms with Gasteiger partial charge < -0.3 is 23.4 Å². The van der Waals surface area contributed by atoms with Crippen molar-refractivity contribution in [1.29, 1.82) is 0 Å². The number of hydrogen-bond acceptors (Lipinski definition) is 9. The number of hydrogen-bond donors (Lipinski definition) is 0. The van der Waals surface area contributed by atoms with Crippen LogP contribution in [0.1, 0.15) is 26.3 Å². The molecule has 10 nitrogen and oxygen atoms in total. The first kappa shape index (κ1) is 28.9. The number of benzene rings is 3. The molecule has 0 aliphatic heterocycles. The number of halogens is 1. The standard InChI is InChI=1S/C31H28BrN3O7/c1-5-39-26-14-19(22(32)16-27(26)41-18(3)31(37)40-6-2)17-33-35-29(34-23-11-8-7-10-20(23)30(35)36)28-15-21-24(38-4)12-9-13-25(21)42-28/h7-18H,5-6H2,1-4H3/t18-/m0/s1. The number of ether oxygens (including phenoxy) is 4. The molecule has 2 aromatic heterocycles. The van der Waals surface area contributed by atoms with E-state index in [9.17, 15) is 9.59 Å². The zero-order valence-corrected chi connectivity index (χ0v) is 25.0. The van der Waals surface area contributed by atoms with Gasteiger partial charge in [0.05, 0.1) is 42.8 Å². The molecule has 0 amide bonds. The van der Waals surface area contributed by atoms with E-state index in [1.165, 1.54) is 10.9 Å². The molecule has 0 radical (unpaired) electrons. The Morgan fingerprint density at radius 3 is 2.62 bits per heavy atom. The zero-order valence-electron chi connectivity index (χ0n) is 23.4. The van der Waals surface area contributed by atoms with Gasteiger partial charge in [0, 0.05) is 10.0 Å². The molecule has 11 heteroatoms. The van der Waals surface area contributed by atoms with Crippen molar-refractivity contribution in [3.63, 3.8) is 0 Å². The smallest absolute Gasteiger partial charge is 0.347 e. The molecule has 0 fully saturated rings. The monoisotopic (exact) mass is 633 g/mol. The Hall–Kier alpha value is -4.64. The second kappa shape index (κ2) is 12.5. The van der Waals surface area contributed by atoms with Crippen LogP contribution in [0, 0.1) is 0 Å². The first-order chi connectivity index (χ1) is 20.3.